The first-order chi connectivity index (χ1) is 6.84. The SMILES string of the molecule is NC(=O)C1COCCN1C(=O)C(F)(F)F. The highest BCUT2D eigenvalue weighted by Crippen LogP contribution is 2.21. The van der Waals surface area contributed by atoms with Gasteiger partial charge in [-0.2, -0.15) is 13.2 Å². The summed E-state index contributed by atoms with van der Waals surface area (Å²) in [5.41, 5.74) is 4.86. The quantitative estimate of drug-likeness (QED) is 0.640. The van der Waals surface area contributed by atoms with Gasteiger partial charge >= 0.3 is 12.1 Å². The molecule has 8 heteroatoms. The summed E-state index contributed by atoms with van der Waals surface area (Å²) in [4.78, 5) is 22.0. The molecule has 1 aliphatic heterocycles. The summed E-state index contributed by atoms with van der Waals surface area (Å²) in [5, 5.41) is 0. The van der Waals surface area contributed by atoms with Gasteiger partial charge in [-0.15, -0.1) is 0 Å². The number of rotatable bonds is 1. The number of nitrogens with two attached hydrogens (primary N) is 1. The van der Waals surface area contributed by atoms with Crippen LogP contribution in [0.3, 0.4) is 0 Å². The first kappa shape index (κ1) is 11.8. The number of amides is 2. The second-order valence-corrected chi connectivity index (χ2v) is 2.99. The fourth-order valence-electron chi connectivity index (χ4n) is 1.25. The zero-order valence-electron chi connectivity index (χ0n) is 7.58. The maximum atomic E-state index is 12.1. The summed E-state index contributed by atoms with van der Waals surface area (Å²) >= 11 is 0. The first-order valence-corrected chi connectivity index (χ1v) is 4.09. The van der Waals surface area contributed by atoms with E-state index in [0.29, 0.717) is 4.90 Å². The number of primary amides is 1. The minimum atomic E-state index is -5.00. The standard InChI is InChI=1S/C7H9F3N2O3/c8-7(9,10)6(14)12-1-2-15-3-4(12)5(11)13/h4H,1-3H2,(H2,11,13). The molecule has 0 bridgehead atoms. The molecular formula is C7H9F3N2O3. The molecule has 0 aliphatic carbocycles. The van der Waals surface area contributed by atoms with Gasteiger partial charge < -0.3 is 15.4 Å². The van der Waals surface area contributed by atoms with E-state index in [-0.39, 0.29) is 19.8 Å². The van der Waals surface area contributed by atoms with Crippen molar-refractivity contribution in [1.82, 2.24) is 4.90 Å². The third kappa shape index (κ3) is 2.58. The zero-order valence-corrected chi connectivity index (χ0v) is 7.58. The molecule has 1 atom stereocenters. The van der Waals surface area contributed by atoms with Crippen LogP contribution >= 0.6 is 0 Å². The minimum Gasteiger partial charge on any atom is -0.377 e. The molecule has 0 radical (unpaired) electrons. The summed E-state index contributed by atoms with van der Waals surface area (Å²) in [7, 11) is 0. The van der Waals surface area contributed by atoms with E-state index < -0.39 is 24.0 Å². The van der Waals surface area contributed by atoms with Crippen LogP contribution in [-0.2, 0) is 14.3 Å². The van der Waals surface area contributed by atoms with E-state index in [2.05, 4.69) is 0 Å². The topological polar surface area (TPSA) is 72.6 Å². The van der Waals surface area contributed by atoms with Gasteiger partial charge in [0.2, 0.25) is 5.91 Å². The molecule has 2 N–H and O–H groups in total. The Kier molecular flexibility index (Phi) is 3.18. The van der Waals surface area contributed by atoms with Gasteiger partial charge in [0, 0.05) is 6.54 Å². The van der Waals surface area contributed by atoms with Gasteiger partial charge in [-0.3, -0.25) is 9.59 Å². The lowest BCUT2D eigenvalue weighted by Gasteiger charge is -2.33. The predicted molar refractivity (Wildman–Crippen MR) is 41.6 cm³/mol. The third-order valence-corrected chi connectivity index (χ3v) is 1.96. The molecule has 1 aliphatic rings. The molecule has 0 aromatic rings. The van der Waals surface area contributed by atoms with Gasteiger partial charge in [0.15, 0.2) is 0 Å². The molecule has 1 saturated heterocycles. The molecule has 0 spiro atoms. The highest BCUT2D eigenvalue weighted by molar-refractivity contribution is 5.89. The van der Waals surface area contributed by atoms with Crippen LogP contribution in [-0.4, -0.2) is 48.7 Å². The van der Waals surface area contributed by atoms with E-state index in [4.69, 9.17) is 10.5 Å². The number of alkyl halides is 3. The second-order valence-electron chi connectivity index (χ2n) is 2.99. The summed E-state index contributed by atoms with van der Waals surface area (Å²) in [6.07, 6.45) is -5.00. The van der Waals surface area contributed by atoms with Crippen molar-refractivity contribution >= 4 is 11.8 Å². The molecular weight excluding hydrogens is 217 g/mol. The number of hydrogen-bond donors (Lipinski definition) is 1. The van der Waals surface area contributed by atoms with E-state index in [1.807, 2.05) is 0 Å². The van der Waals surface area contributed by atoms with Crippen LogP contribution in [0.2, 0.25) is 0 Å². The van der Waals surface area contributed by atoms with Crippen molar-refractivity contribution in [1.29, 1.82) is 0 Å². The highest BCUT2D eigenvalue weighted by Gasteiger charge is 2.46. The Hall–Kier alpha value is -1.31. The van der Waals surface area contributed by atoms with Crippen LogP contribution in [0.15, 0.2) is 0 Å². The van der Waals surface area contributed by atoms with Crippen molar-refractivity contribution in [3.63, 3.8) is 0 Å². The molecule has 0 saturated carbocycles. The Morgan fingerprint density at radius 1 is 1.40 bits per heavy atom. The molecule has 2 amide bonds. The van der Waals surface area contributed by atoms with Crippen LogP contribution in [0.5, 0.6) is 0 Å². The van der Waals surface area contributed by atoms with Gasteiger partial charge in [0.1, 0.15) is 6.04 Å². The van der Waals surface area contributed by atoms with Crippen LogP contribution in [0, 0.1) is 0 Å². The molecule has 1 unspecified atom stereocenters. The number of carbonyl (C=O) groups excluding carboxylic acids is 2. The summed E-state index contributed by atoms with van der Waals surface area (Å²) in [6, 6.07) is -1.34. The molecule has 1 fully saturated rings. The maximum absolute atomic E-state index is 12.1. The van der Waals surface area contributed by atoms with Gasteiger partial charge in [-0.05, 0) is 0 Å². The average Bonchev–Trinajstić information content (AvgIpc) is 2.15. The first-order valence-electron chi connectivity index (χ1n) is 4.09. The Balaban J connectivity index is 2.81. The fraction of sp³-hybridized carbons (Fsp3) is 0.714. The predicted octanol–water partition coefficient (Wildman–Crippen LogP) is -0.739. The Morgan fingerprint density at radius 3 is 2.47 bits per heavy atom. The van der Waals surface area contributed by atoms with Crippen molar-refractivity contribution < 1.29 is 27.5 Å². The van der Waals surface area contributed by atoms with E-state index in [1.54, 1.807) is 0 Å². The highest BCUT2D eigenvalue weighted by atomic mass is 19.4. The smallest absolute Gasteiger partial charge is 0.377 e. The Bertz CT molecular complexity index is 279. The number of ether oxygens (including phenoxy) is 1. The summed E-state index contributed by atoms with van der Waals surface area (Å²) in [6.45, 7) is -0.616. The number of hydrogen-bond acceptors (Lipinski definition) is 3. The van der Waals surface area contributed by atoms with Gasteiger partial charge in [0.05, 0.1) is 13.2 Å². The number of carbonyl (C=O) groups is 2. The molecule has 5 nitrogen and oxygen atoms in total. The molecule has 0 aromatic carbocycles. The van der Waals surface area contributed by atoms with Gasteiger partial charge in [-0.25, -0.2) is 0 Å². The second kappa shape index (κ2) is 4.05. The molecule has 0 aromatic heterocycles. The van der Waals surface area contributed by atoms with Crippen molar-refractivity contribution in [2.75, 3.05) is 19.8 Å². The Morgan fingerprint density at radius 2 is 2.00 bits per heavy atom. The lowest BCUT2D eigenvalue weighted by atomic mass is 10.2. The minimum absolute atomic E-state index is 0.0361. The molecule has 1 heterocycles. The van der Waals surface area contributed by atoms with Crippen molar-refractivity contribution in [2.24, 2.45) is 5.73 Å². The Labute approximate surface area is 83.0 Å². The van der Waals surface area contributed by atoms with Crippen LogP contribution in [0.4, 0.5) is 13.2 Å². The third-order valence-electron chi connectivity index (χ3n) is 1.96. The van der Waals surface area contributed by atoms with Crippen LogP contribution < -0.4 is 5.73 Å². The number of morpholine rings is 1. The van der Waals surface area contributed by atoms with E-state index in [9.17, 15) is 22.8 Å². The monoisotopic (exact) mass is 226 g/mol. The largest absolute Gasteiger partial charge is 0.471 e. The van der Waals surface area contributed by atoms with Crippen molar-refractivity contribution in [2.45, 2.75) is 12.2 Å². The van der Waals surface area contributed by atoms with E-state index in [1.165, 1.54) is 0 Å². The van der Waals surface area contributed by atoms with Crippen LogP contribution in [0.1, 0.15) is 0 Å². The average molecular weight is 226 g/mol. The van der Waals surface area contributed by atoms with Crippen molar-refractivity contribution in [3.05, 3.63) is 0 Å². The lowest BCUT2D eigenvalue weighted by molar-refractivity contribution is -0.193. The molecule has 15 heavy (non-hydrogen) atoms. The normalized spacial score (nSPS) is 22.6. The van der Waals surface area contributed by atoms with Crippen LogP contribution in [0.25, 0.3) is 0 Å². The van der Waals surface area contributed by atoms with Gasteiger partial charge in [0.25, 0.3) is 0 Å². The summed E-state index contributed by atoms with van der Waals surface area (Å²) < 4.78 is 41.0. The summed E-state index contributed by atoms with van der Waals surface area (Å²) in [5.74, 6) is -3.07. The zero-order chi connectivity index (χ0) is 11.6. The van der Waals surface area contributed by atoms with E-state index in [0.717, 1.165) is 0 Å². The number of halogens is 3. The number of nitrogens with zero attached hydrogens (tertiary/aromatic N) is 1. The molecule has 86 valence electrons. The molecule has 1 rings (SSSR count). The lowest BCUT2D eigenvalue weighted by Crippen LogP contribution is -2.57. The maximum Gasteiger partial charge on any atom is 0.471 e. The fourth-order valence-corrected chi connectivity index (χ4v) is 1.25. The van der Waals surface area contributed by atoms with E-state index >= 15 is 0 Å². The van der Waals surface area contributed by atoms with Crippen molar-refractivity contribution in [3.8, 4) is 0 Å². The van der Waals surface area contributed by atoms with Gasteiger partial charge in [-0.1, -0.05) is 0 Å².